The van der Waals surface area contributed by atoms with Crippen LogP contribution < -0.4 is 10.6 Å². The maximum absolute atomic E-state index is 12.3. The second-order valence-electron chi connectivity index (χ2n) is 6.23. The lowest BCUT2D eigenvalue weighted by atomic mass is 10.2. The molecule has 0 unspecified atom stereocenters. The zero-order valence-corrected chi connectivity index (χ0v) is 17.3. The van der Waals surface area contributed by atoms with Crippen molar-refractivity contribution in [3.63, 3.8) is 0 Å². The van der Waals surface area contributed by atoms with E-state index >= 15 is 0 Å². The average Bonchev–Trinajstić information content (AvgIpc) is 3.22. The Balaban J connectivity index is 1.55. The summed E-state index contributed by atoms with van der Waals surface area (Å²) in [6.45, 7) is 0.491. The minimum absolute atomic E-state index is 0.165. The predicted molar refractivity (Wildman–Crippen MR) is 121 cm³/mol. The topological polar surface area (TPSA) is 76.7 Å². The van der Waals surface area contributed by atoms with Crippen molar-refractivity contribution < 1.29 is 19.1 Å². The highest BCUT2D eigenvalue weighted by Crippen LogP contribution is 2.28. The van der Waals surface area contributed by atoms with Gasteiger partial charge in [-0.15, -0.1) is 11.3 Å². The first-order chi connectivity index (χ1) is 14.6. The van der Waals surface area contributed by atoms with Crippen molar-refractivity contribution in [2.45, 2.75) is 0 Å². The van der Waals surface area contributed by atoms with Gasteiger partial charge < -0.3 is 14.8 Å². The van der Waals surface area contributed by atoms with E-state index in [0.29, 0.717) is 18.0 Å². The van der Waals surface area contributed by atoms with Crippen LogP contribution in [-0.4, -0.2) is 32.3 Å². The summed E-state index contributed by atoms with van der Waals surface area (Å²) in [5.74, 6) is -0.260. The number of ether oxygens (including phenoxy) is 2. The number of methoxy groups -OCH3 is 1. The van der Waals surface area contributed by atoms with Gasteiger partial charge in [0.25, 0.3) is 0 Å². The van der Waals surface area contributed by atoms with Gasteiger partial charge in [-0.25, -0.2) is 4.79 Å². The third kappa shape index (κ3) is 6.58. The molecule has 3 aromatic rings. The van der Waals surface area contributed by atoms with Gasteiger partial charge in [0.15, 0.2) is 0 Å². The number of carbonyl (C=O) groups is 2. The zero-order valence-electron chi connectivity index (χ0n) is 16.5. The largest absolute Gasteiger partial charge is 0.447 e. The lowest BCUT2D eigenvalue weighted by molar-refractivity contribution is -0.111. The van der Waals surface area contributed by atoms with Gasteiger partial charge in [-0.3, -0.25) is 10.1 Å². The van der Waals surface area contributed by atoms with Crippen molar-refractivity contribution in [2.24, 2.45) is 0 Å². The molecule has 0 fully saturated rings. The second-order valence-corrected chi connectivity index (χ2v) is 7.34. The second kappa shape index (κ2) is 10.9. The maximum atomic E-state index is 12.3. The Hall–Kier alpha value is -3.42. The summed E-state index contributed by atoms with van der Waals surface area (Å²) in [6.07, 6.45) is 2.68. The number of hydrogen-bond acceptors (Lipinski definition) is 5. The number of amides is 2. The van der Waals surface area contributed by atoms with E-state index in [1.54, 1.807) is 41.7 Å². The Morgan fingerprint density at radius 1 is 0.933 bits per heavy atom. The fourth-order valence-corrected chi connectivity index (χ4v) is 3.50. The highest BCUT2D eigenvalue weighted by Gasteiger charge is 2.05. The maximum Gasteiger partial charge on any atom is 0.411 e. The van der Waals surface area contributed by atoms with E-state index in [0.717, 1.165) is 15.3 Å². The van der Waals surface area contributed by atoms with Crippen molar-refractivity contribution in [1.82, 2.24) is 0 Å². The fraction of sp³-hybridized carbons (Fsp3) is 0.130. The number of hydrogen-bond donors (Lipinski definition) is 2. The first-order valence-electron chi connectivity index (χ1n) is 9.31. The molecule has 1 heterocycles. The van der Waals surface area contributed by atoms with E-state index in [1.165, 1.54) is 13.2 Å². The first-order valence-corrected chi connectivity index (χ1v) is 10.1. The van der Waals surface area contributed by atoms with Crippen LogP contribution in [0.4, 0.5) is 16.2 Å². The molecule has 0 saturated heterocycles. The minimum Gasteiger partial charge on any atom is -0.447 e. The van der Waals surface area contributed by atoms with Gasteiger partial charge in [0.2, 0.25) is 5.91 Å². The third-order valence-electron chi connectivity index (χ3n) is 3.98. The van der Waals surface area contributed by atoms with E-state index in [2.05, 4.69) is 22.8 Å². The van der Waals surface area contributed by atoms with Crippen LogP contribution in [0.2, 0.25) is 0 Å². The van der Waals surface area contributed by atoms with Gasteiger partial charge in [0.05, 0.1) is 6.61 Å². The monoisotopic (exact) mass is 422 g/mol. The lowest BCUT2D eigenvalue weighted by Crippen LogP contribution is -2.16. The van der Waals surface area contributed by atoms with Crippen LogP contribution in [0.3, 0.4) is 0 Å². The average molecular weight is 423 g/mol. The standard InChI is InChI=1S/C23H22N2O4S/c1-28-14-15-29-23(27)25-19-9-5-8-18(16-19)24-22(26)13-11-20-10-12-21(30-20)17-6-3-2-4-7-17/h2-13,16H,14-15H2,1H3,(H,24,26)(H,25,27)/b13-11+. The molecule has 0 aliphatic rings. The number of benzene rings is 2. The molecule has 6 nitrogen and oxygen atoms in total. The number of nitrogens with one attached hydrogen (secondary N) is 2. The van der Waals surface area contributed by atoms with Crippen LogP contribution in [0.15, 0.2) is 72.8 Å². The summed E-state index contributed by atoms with van der Waals surface area (Å²) in [5, 5.41) is 5.39. The number of thiophene rings is 1. The molecular weight excluding hydrogens is 400 g/mol. The summed E-state index contributed by atoms with van der Waals surface area (Å²) in [4.78, 5) is 26.1. The van der Waals surface area contributed by atoms with Crippen LogP contribution in [0.5, 0.6) is 0 Å². The third-order valence-corrected chi connectivity index (χ3v) is 5.08. The smallest absolute Gasteiger partial charge is 0.411 e. The van der Waals surface area contributed by atoms with Gasteiger partial charge >= 0.3 is 6.09 Å². The molecule has 7 heteroatoms. The van der Waals surface area contributed by atoms with E-state index in [9.17, 15) is 9.59 Å². The Morgan fingerprint density at radius 2 is 1.70 bits per heavy atom. The number of carbonyl (C=O) groups excluding carboxylic acids is 2. The Bertz CT molecular complexity index is 1010. The van der Waals surface area contributed by atoms with E-state index in [1.807, 2.05) is 30.3 Å². The number of anilines is 2. The van der Waals surface area contributed by atoms with Gasteiger partial charge in [0, 0.05) is 34.3 Å². The summed E-state index contributed by atoms with van der Waals surface area (Å²) < 4.78 is 9.78. The molecule has 154 valence electrons. The first kappa shape index (κ1) is 21.3. The fourth-order valence-electron chi connectivity index (χ4n) is 2.59. The van der Waals surface area contributed by atoms with Gasteiger partial charge in [-0.05, 0) is 42.0 Å². The summed E-state index contributed by atoms with van der Waals surface area (Å²) in [5.41, 5.74) is 2.23. The Morgan fingerprint density at radius 3 is 2.47 bits per heavy atom. The van der Waals surface area contributed by atoms with Crippen LogP contribution in [0.25, 0.3) is 16.5 Å². The van der Waals surface area contributed by atoms with Crippen LogP contribution in [-0.2, 0) is 14.3 Å². The van der Waals surface area contributed by atoms with E-state index in [-0.39, 0.29) is 12.5 Å². The Kier molecular flexibility index (Phi) is 7.77. The lowest BCUT2D eigenvalue weighted by Gasteiger charge is -2.08. The van der Waals surface area contributed by atoms with Crippen LogP contribution in [0.1, 0.15) is 4.88 Å². The summed E-state index contributed by atoms with van der Waals surface area (Å²) in [6, 6.07) is 21.0. The molecule has 1 aromatic heterocycles. The van der Waals surface area contributed by atoms with Crippen molar-refractivity contribution in [3.8, 4) is 10.4 Å². The van der Waals surface area contributed by atoms with Gasteiger partial charge in [0.1, 0.15) is 6.61 Å². The molecule has 0 atom stereocenters. The molecule has 0 spiro atoms. The predicted octanol–water partition coefficient (Wildman–Crippen LogP) is 5.26. The molecule has 0 radical (unpaired) electrons. The van der Waals surface area contributed by atoms with E-state index < -0.39 is 6.09 Å². The molecule has 0 aliphatic carbocycles. The molecule has 0 aliphatic heterocycles. The minimum atomic E-state index is -0.581. The molecule has 30 heavy (non-hydrogen) atoms. The SMILES string of the molecule is COCCOC(=O)Nc1cccc(NC(=O)/C=C/c2ccc(-c3ccccc3)s2)c1. The van der Waals surface area contributed by atoms with Crippen molar-refractivity contribution in [2.75, 3.05) is 31.0 Å². The number of rotatable bonds is 8. The highest BCUT2D eigenvalue weighted by molar-refractivity contribution is 7.16. The van der Waals surface area contributed by atoms with Gasteiger partial charge in [-0.2, -0.15) is 0 Å². The normalized spacial score (nSPS) is 10.7. The van der Waals surface area contributed by atoms with Crippen molar-refractivity contribution >= 4 is 40.8 Å². The van der Waals surface area contributed by atoms with Gasteiger partial charge in [-0.1, -0.05) is 36.4 Å². The molecule has 3 rings (SSSR count). The van der Waals surface area contributed by atoms with Crippen molar-refractivity contribution in [1.29, 1.82) is 0 Å². The molecule has 0 bridgehead atoms. The molecular formula is C23H22N2O4S. The Labute approximate surface area is 179 Å². The molecule has 2 amide bonds. The zero-order chi connectivity index (χ0) is 21.2. The van der Waals surface area contributed by atoms with Crippen molar-refractivity contribution in [3.05, 3.63) is 77.7 Å². The van der Waals surface area contributed by atoms with E-state index in [4.69, 9.17) is 9.47 Å². The van der Waals surface area contributed by atoms with Crippen LogP contribution >= 0.6 is 11.3 Å². The molecule has 2 aromatic carbocycles. The molecule has 2 N–H and O–H groups in total. The van der Waals surface area contributed by atoms with Crippen LogP contribution in [0, 0.1) is 0 Å². The molecule has 0 saturated carbocycles. The summed E-state index contributed by atoms with van der Waals surface area (Å²) >= 11 is 1.61. The highest BCUT2D eigenvalue weighted by atomic mass is 32.1. The summed E-state index contributed by atoms with van der Waals surface area (Å²) in [7, 11) is 1.53. The quantitative estimate of drug-likeness (QED) is 0.383.